The average molecular weight is 182 g/mol. The molecule has 0 aliphatic carbocycles. The fourth-order valence-electron chi connectivity index (χ4n) is 2.61. The molecule has 2 rings (SSSR count). The largest absolute Gasteiger partial charge is 0.338 e. The van der Waals surface area contributed by atoms with E-state index in [-0.39, 0.29) is 17.0 Å². The van der Waals surface area contributed by atoms with Gasteiger partial charge in [-0.3, -0.25) is 10.1 Å². The summed E-state index contributed by atoms with van der Waals surface area (Å²) in [6.07, 6.45) is 1.82. The Morgan fingerprint density at radius 3 is 2.69 bits per heavy atom. The molecule has 2 saturated heterocycles. The maximum absolute atomic E-state index is 11.4. The van der Waals surface area contributed by atoms with Gasteiger partial charge in [-0.2, -0.15) is 0 Å². The number of piperidine rings is 2. The summed E-state index contributed by atoms with van der Waals surface area (Å²) in [5, 5.41) is 6.48. The normalized spacial score (nSPS) is 42.7. The Bertz CT molecular complexity index is 249. The van der Waals surface area contributed by atoms with Crippen molar-refractivity contribution < 1.29 is 4.79 Å². The van der Waals surface area contributed by atoms with Crippen molar-refractivity contribution in [1.29, 1.82) is 0 Å². The van der Waals surface area contributed by atoms with E-state index in [4.69, 9.17) is 0 Å². The molecule has 1 amide bonds. The third kappa shape index (κ3) is 1.10. The maximum Gasteiger partial charge on any atom is 0.221 e. The highest BCUT2D eigenvalue weighted by atomic mass is 16.2. The Morgan fingerprint density at radius 2 is 2.08 bits per heavy atom. The second-order valence-electron chi connectivity index (χ2n) is 5.01. The molecule has 0 aromatic carbocycles. The fourth-order valence-corrected chi connectivity index (χ4v) is 2.61. The zero-order valence-corrected chi connectivity index (χ0v) is 8.61. The van der Waals surface area contributed by atoms with Crippen LogP contribution in [0.3, 0.4) is 0 Å². The van der Waals surface area contributed by atoms with Crippen molar-refractivity contribution in [2.24, 2.45) is 11.3 Å². The van der Waals surface area contributed by atoms with Crippen molar-refractivity contribution >= 4 is 5.91 Å². The summed E-state index contributed by atoms with van der Waals surface area (Å²) in [5.74, 6) is 0.728. The van der Waals surface area contributed by atoms with E-state index in [1.54, 1.807) is 0 Å². The van der Waals surface area contributed by atoms with Crippen LogP contribution in [0.5, 0.6) is 0 Å². The molecule has 13 heavy (non-hydrogen) atoms. The molecule has 3 nitrogen and oxygen atoms in total. The predicted molar refractivity (Wildman–Crippen MR) is 51.1 cm³/mol. The molecule has 0 aromatic heterocycles. The van der Waals surface area contributed by atoms with E-state index in [0.717, 1.165) is 13.0 Å². The topological polar surface area (TPSA) is 41.1 Å². The van der Waals surface area contributed by atoms with Crippen LogP contribution >= 0.6 is 0 Å². The zero-order valence-electron chi connectivity index (χ0n) is 8.61. The lowest BCUT2D eigenvalue weighted by Crippen LogP contribution is -2.73. The van der Waals surface area contributed by atoms with E-state index in [9.17, 15) is 4.79 Å². The molecule has 0 unspecified atom stereocenters. The smallest absolute Gasteiger partial charge is 0.221 e. The summed E-state index contributed by atoms with van der Waals surface area (Å²) in [6.45, 7) is 7.59. The summed E-state index contributed by atoms with van der Waals surface area (Å²) in [5.41, 5.74) is -0.0373. The summed E-state index contributed by atoms with van der Waals surface area (Å²) < 4.78 is 0. The van der Waals surface area contributed by atoms with Gasteiger partial charge in [-0.1, -0.05) is 13.8 Å². The van der Waals surface area contributed by atoms with Gasteiger partial charge in [0.05, 0.1) is 5.66 Å². The van der Waals surface area contributed by atoms with Gasteiger partial charge < -0.3 is 5.32 Å². The Hall–Kier alpha value is -0.570. The van der Waals surface area contributed by atoms with Crippen molar-refractivity contribution in [3.8, 4) is 0 Å². The van der Waals surface area contributed by atoms with Gasteiger partial charge in [-0.25, -0.2) is 0 Å². The molecule has 0 spiro atoms. The van der Waals surface area contributed by atoms with Gasteiger partial charge in [0.2, 0.25) is 5.91 Å². The summed E-state index contributed by atoms with van der Waals surface area (Å²) in [7, 11) is 0. The molecular formula is C10H18N2O. The van der Waals surface area contributed by atoms with Gasteiger partial charge in [0, 0.05) is 11.8 Å². The van der Waals surface area contributed by atoms with Gasteiger partial charge in [0.15, 0.2) is 0 Å². The monoisotopic (exact) mass is 182 g/mol. The molecule has 2 bridgehead atoms. The van der Waals surface area contributed by atoms with Crippen LogP contribution in [0.4, 0.5) is 0 Å². The Balaban J connectivity index is 2.35. The minimum Gasteiger partial charge on any atom is -0.338 e. The average Bonchev–Trinajstić information content (AvgIpc) is 1.95. The second-order valence-corrected chi connectivity index (χ2v) is 5.01. The van der Waals surface area contributed by atoms with Crippen LogP contribution in [-0.2, 0) is 4.79 Å². The molecule has 2 aliphatic heterocycles. The number of hydrogen-bond acceptors (Lipinski definition) is 2. The third-order valence-corrected chi connectivity index (χ3v) is 4.10. The molecule has 3 heteroatoms. The first-order valence-corrected chi connectivity index (χ1v) is 5.02. The summed E-state index contributed by atoms with van der Waals surface area (Å²) in [4.78, 5) is 11.4. The van der Waals surface area contributed by atoms with E-state index < -0.39 is 0 Å². The minimum absolute atomic E-state index is 0.166. The first-order valence-electron chi connectivity index (χ1n) is 5.02. The van der Waals surface area contributed by atoms with Crippen molar-refractivity contribution in [2.45, 2.75) is 39.3 Å². The number of amides is 1. The summed E-state index contributed by atoms with van der Waals surface area (Å²) >= 11 is 0. The second kappa shape index (κ2) is 2.47. The van der Waals surface area contributed by atoms with E-state index in [1.807, 2.05) is 0 Å². The summed E-state index contributed by atoms with van der Waals surface area (Å²) in [6, 6.07) is 0. The number of nitrogens with one attached hydrogen (secondary N) is 2. The molecule has 2 N–H and O–H groups in total. The first-order chi connectivity index (χ1) is 5.96. The van der Waals surface area contributed by atoms with E-state index in [1.165, 1.54) is 0 Å². The Labute approximate surface area is 79.3 Å². The van der Waals surface area contributed by atoms with Crippen LogP contribution < -0.4 is 10.6 Å². The highest BCUT2D eigenvalue weighted by Gasteiger charge is 2.53. The number of hydrogen-bond donors (Lipinski definition) is 2. The van der Waals surface area contributed by atoms with E-state index in [2.05, 4.69) is 31.4 Å². The minimum atomic E-state index is -0.203. The van der Waals surface area contributed by atoms with Gasteiger partial charge in [-0.15, -0.1) is 0 Å². The van der Waals surface area contributed by atoms with Gasteiger partial charge >= 0.3 is 0 Å². The highest BCUT2D eigenvalue weighted by molar-refractivity contribution is 5.78. The van der Waals surface area contributed by atoms with Crippen molar-refractivity contribution in [3.63, 3.8) is 0 Å². The van der Waals surface area contributed by atoms with E-state index in [0.29, 0.717) is 12.3 Å². The fraction of sp³-hybridized carbons (Fsp3) is 0.900. The van der Waals surface area contributed by atoms with Crippen LogP contribution in [0.1, 0.15) is 33.6 Å². The standard InChI is InChI=1S/C10H18N2O/c1-9(2)7-4-5-11-10(9,3)12-8(13)6-7/h7,11H,4-6H2,1-3H3,(H,12,13)/t7-,10-/m0/s1. The Kier molecular flexibility index (Phi) is 1.71. The molecule has 2 atom stereocenters. The lowest BCUT2D eigenvalue weighted by atomic mass is 9.62. The van der Waals surface area contributed by atoms with Crippen LogP contribution in [0, 0.1) is 11.3 Å². The number of carbonyl (C=O) groups excluding carboxylic acids is 1. The van der Waals surface area contributed by atoms with Crippen molar-refractivity contribution in [3.05, 3.63) is 0 Å². The molecule has 0 saturated carbocycles. The van der Waals surface area contributed by atoms with Crippen molar-refractivity contribution in [1.82, 2.24) is 10.6 Å². The van der Waals surface area contributed by atoms with Crippen molar-refractivity contribution in [2.75, 3.05) is 6.54 Å². The van der Waals surface area contributed by atoms with Crippen LogP contribution in [-0.4, -0.2) is 18.1 Å². The van der Waals surface area contributed by atoms with E-state index >= 15 is 0 Å². The van der Waals surface area contributed by atoms with Crippen LogP contribution in [0.2, 0.25) is 0 Å². The lowest BCUT2D eigenvalue weighted by Gasteiger charge is -2.56. The number of fused-ring (bicyclic) bond motifs is 2. The molecule has 0 radical (unpaired) electrons. The highest BCUT2D eigenvalue weighted by Crippen LogP contribution is 2.45. The van der Waals surface area contributed by atoms with Gasteiger partial charge in [0.25, 0.3) is 0 Å². The number of rotatable bonds is 0. The van der Waals surface area contributed by atoms with Crippen LogP contribution in [0.25, 0.3) is 0 Å². The lowest BCUT2D eigenvalue weighted by molar-refractivity contribution is -0.138. The SMILES string of the molecule is CC1(C)[C@H]2CCN[C@@]1(C)NC(=O)C2. The molecular weight excluding hydrogens is 164 g/mol. The van der Waals surface area contributed by atoms with Gasteiger partial charge in [0.1, 0.15) is 0 Å². The van der Waals surface area contributed by atoms with Gasteiger partial charge in [-0.05, 0) is 25.8 Å². The van der Waals surface area contributed by atoms with Crippen LogP contribution in [0.15, 0.2) is 0 Å². The third-order valence-electron chi connectivity index (χ3n) is 4.10. The molecule has 2 aliphatic rings. The Morgan fingerprint density at radius 1 is 1.38 bits per heavy atom. The first kappa shape index (κ1) is 9.00. The molecule has 2 heterocycles. The number of carbonyl (C=O) groups is 1. The molecule has 74 valence electrons. The maximum atomic E-state index is 11.4. The zero-order chi connectivity index (χ0) is 9.69. The molecule has 0 aromatic rings. The predicted octanol–water partition coefficient (Wildman–Crippen LogP) is 0.858. The quantitative estimate of drug-likeness (QED) is 0.583. The molecule has 2 fully saturated rings.